The molecular formula is C26H28F4N6O2Se. The fourth-order valence-corrected chi connectivity index (χ4v) is 5.75. The van der Waals surface area contributed by atoms with Gasteiger partial charge in [0.25, 0.3) is 0 Å². The first-order valence-electron chi connectivity index (χ1n) is 12.1. The number of amides is 1. The molecule has 2 atom stereocenters. The van der Waals surface area contributed by atoms with Gasteiger partial charge in [-0.25, -0.2) is 0 Å². The van der Waals surface area contributed by atoms with Gasteiger partial charge in [0, 0.05) is 7.05 Å². The number of methoxy groups -OCH3 is 1. The molecule has 0 spiro atoms. The topological polar surface area (TPSA) is 82.9 Å². The van der Waals surface area contributed by atoms with Crippen LogP contribution in [0.3, 0.4) is 0 Å². The average molecular weight is 612 g/mol. The summed E-state index contributed by atoms with van der Waals surface area (Å²) in [4.78, 5) is 18.1. The van der Waals surface area contributed by atoms with Crippen molar-refractivity contribution in [1.29, 1.82) is 0 Å². The monoisotopic (exact) mass is 612 g/mol. The van der Waals surface area contributed by atoms with E-state index < -0.39 is 32.2 Å². The average Bonchev–Trinajstić information content (AvgIpc) is 3.24. The van der Waals surface area contributed by atoms with Gasteiger partial charge >= 0.3 is 223 Å². The van der Waals surface area contributed by atoms with E-state index in [2.05, 4.69) is 32.8 Å². The summed E-state index contributed by atoms with van der Waals surface area (Å²) in [5.41, 5.74) is 1.64. The molecule has 1 fully saturated rings. The van der Waals surface area contributed by atoms with Crippen molar-refractivity contribution in [3.8, 4) is 17.6 Å². The third kappa shape index (κ3) is 6.95. The van der Waals surface area contributed by atoms with Gasteiger partial charge in [0.15, 0.2) is 0 Å². The number of ether oxygens (including phenoxy) is 1. The van der Waals surface area contributed by atoms with Gasteiger partial charge in [0.1, 0.15) is 0 Å². The van der Waals surface area contributed by atoms with Crippen LogP contribution in [0.2, 0.25) is 0 Å². The van der Waals surface area contributed by atoms with Crippen molar-refractivity contribution in [3.05, 3.63) is 47.8 Å². The Morgan fingerprint density at radius 2 is 2.10 bits per heavy atom. The van der Waals surface area contributed by atoms with Crippen LogP contribution in [0.15, 0.2) is 36.7 Å². The van der Waals surface area contributed by atoms with E-state index >= 15 is 0 Å². The number of hydrogen-bond acceptors (Lipinski definition) is 6. The molecule has 1 saturated heterocycles. The molecule has 4 rings (SSSR count). The summed E-state index contributed by atoms with van der Waals surface area (Å²) in [6.07, 6.45) is 2.29. The zero-order chi connectivity index (χ0) is 28.2. The maximum atomic E-state index is 14.6. The fraction of sp³-hybridized carbons (Fsp3) is 0.385. The number of alkyl halides is 4. The predicted molar refractivity (Wildman–Crippen MR) is 143 cm³/mol. The molecule has 3 aromatic rings. The summed E-state index contributed by atoms with van der Waals surface area (Å²) in [5.74, 6) is 6.22. The van der Waals surface area contributed by atoms with Crippen LogP contribution in [0.25, 0.3) is 5.52 Å². The van der Waals surface area contributed by atoms with Crippen molar-refractivity contribution in [3.63, 3.8) is 0 Å². The van der Waals surface area contributed by atoms with Gasteiger partial charge in [-0.3, -0.25) is 0 Å². The predicted octanol–water partition coefficient (Wildman–Crippen LogP) is 2.47. The van der Waals surface area contributed by atoms with Crippen molar-refractivity contribution in [2.45, 2.75) is 23.7 Å². The number of hydrogen-bond donors (Lipinski definition) is 3. The second kappa shape index (κ2) is 12.2. The van der Waals surface area contributed by atoms with E-state index in [0.29, 0.717) is 41.3 Å². The number of nitrogens with zero attached hydrogens (tertiary/aromatic N) is 3. The summed E-state index contributed by atoms with van der Waals surface area (Å²) in [7, 11) is 4.84. The van der Waals surface area contributed by atoms with Crippen LogP contribution in [-0.2, 0) is 0 Å². The molecule has 0 bridgehead atoms. The van der Waals surface area contributed by atoms with E-state index in [1.54, 1.807) is 24.3 Å². The van der Waals surface area contributed by atoms with E-state index in [1.807, 2.05) is 11.9 Å². The van der Waals surface area contributed by atoms with E-state index in [-0.39, 0.29) is 29.2 Å². The van der Waals surface area contributed by atoms with E-state index in [4.69, 9.17) is 4.74 Å². The van der Waals surface area contributed by atoms with Crippen molar-refractivity contribution in [2.24, 2.45) is 0 Å². The number of fused-ring (bicyclic) bond motifs is 1. The van der Waals surface area contributed by atoms with Crippen LogP contribution < -0.4 is 25.3 Å². The van der Waals surface area contributed by atoms with Crippen LogP contribution in [0, 0.1) is 11.8 Å². The molecule has 1 amide bonds. The van der Waals surface area contributed by atoms with Crippen molar-refractivity contribution >= 4 is 42.5 Å². The number of piperidine rings is 1. The van der Waals surface area contributed by atoms with E-state index in [9.17, 15) is 22.4 Å². The number of likely N-dealkylation sites (tertiary alicyclic amines) is 1. The zero-order valence-electron chi connectivity index (χ0n) is 21.5. The summed E-state index contributed by atoms with van der Waals surface area (Å²) < 4.78 is 62.0. The summed E-state index contributed by atoms with van der Waals surface area (Å²) in [5, 5.41) is 4.31. The number of halogens is 4. The van der Waals surface area contributed by atoms with Gasteiger partial charge < -0.3 is 0 Å². The first-order chi connectivity index (χ1) is 18.6. The third-order valence-corrected chi connectivity index (χ3v) is 7.98. The van der Waals surface area contributed by atoms with Gasteiger partial charge in [-0.05, 0) is 0 Å². The van der Waals surface area contributed by atoms with Gasteiger partial charge in [-0.15, -0.1) is 0 Å². The van der Waals surface area contributed by atoms with Crippen molar-refractivity contribution in [1.82, 2.24) is 19.6 Å². The Balaban J connectivity index is 1.59. The Labute approximate surface area is 229 Å². The number of nitrogens with one attached hydrogen (secondary N) is 3. The fourth-order valence-electron chi connectivity index (χ4n) is 4.29. The molecule has 1 aromatic carbocycles. The molecule has 0 radical (unpaired) electrons. The Kier molecular flexibility index (Phi) is 8.90. The minimum atomic E-state index is -4.40. The molecule has 208 valence electrons. The normalized spacial score (nSPS) is 17.8. The van der Waals surface area contributed by atoms with Crippen LogP contribution >= 0.6 is 0 Å². The maximum absolute atomic E-state index is 14.6. The van der Waals surface area contributed by atoms with Gasteiger partial charge in [-0.1, -0.05) is 0 Å². The number of anilines is 2. The minimum absolute atomic E-state index is 0.0376. The third-order valence-electron chi connectivity index (χ3n) is 6.21. The number of benzene rings is 1. The Morgan fingerprint density at radius 1 is 1.31 bits per heavy atom. The summed E-state index contributed by atoms with van der Waals surface area (Å²) >= 11 is -1.87. The molecule has 0 aliphatic carbocycles. The van der Waals surface area contributed by atoms with Gasteiger partial charge in [-0.2, -0.15) is 0 Å². The zero-order valence-corrected chi connectivity index (χ0v) is 23.2. The van der Waals surface area contributed by atoms with E-state index in [1.165, 1.54) is 31.0 Å². The molecule has 8 nitrogen and oxygen atoms in total. The van der Waals surface area contributed by atoms with Gasteiger partial charge in [0.05, 0.1) is 0 Å². The first kappa shape index (κ1) is 28.5. The molecule has 0 unspecified atom stereocenters. The first-order valence-corrected chi connectivity index (χ1v) is 13.8. The standard InChI is InChI=1S/C26H28F4N6O2Se/c1-31-24(37)16-6-7-20(22(14-16)38-3)32-9-4-5-17-13-21-23(34-19-8-11-35(2)15-18(19)27)33-10-12-36(21)25(17)39-26(28,29)30/h6-7,10,12-14,18-19,32H,8-9,11,15H2,1-3H3,(H,31,37)(H,33,34)/t18-,19+/m0/s1. The Hall–Kier alpha value is -3.46. The quantitative estimate of drug-likeness (QED) is 0.217. The van der Waals surface area contributed by atoms with Crippen LogP contribution in [0.5, 0.6) is 5.75 Å². The number of carbonyl (C=O) groups excluding carboxylic acids is 1. The van der Waals surface area contributed by atoms with Crippen LogP contribution in [-0.4, -0.2) is 93.3 Å². The van der Waals surface area contributed by atoms with Gasteiger partial charge in [0.2, 0.25) is 0 Å². The molecule has 39 heavy (non-hydrogen) atoms. The molecule has 0 saturated carbocycles. The van der Waals surface area contributed by atoms with Crippen LogP contribution in [0.4, 0.5) is 29.1 Å². The van der Waals surface area contributed by atoms with Crippen molar-refractivity contribution in [2.75, 3.05) is 51.5 Å². The van der Waals surface area contributed by atoms with Crippen LogP contribution in [0.1, 0.15) is 22.3 Å². The molecule has 2 aromatic heterocycles. The Bertz CT molecular complexity index is 1400. The number of aromatic nitrogens is 2. The summed E-state index contributed by atoms with van der Waals surface area (Å²) in [6.45, 7) is 1.09. The molecule has 13 heteroatoms. The van der Waals surface area contributed by atoms with Crippen molar-refractivity contribution < 1.29 is 27.1 Å². The Morgan fingerprint density at radius 3 is 2.79 bits per heavy atom. The molecule has 3 heterocycles. The summed E-state index contributed by atoms with van der Waals surface area (Å²) in [6, 6.07) is 5.93. The second-order valence-electron chi connectivity index (χ2n) is 8.91. The molecule has 1 aliphatic heterocycles. The molecule has 1 aliphatic rings. The van der Waals surface area contributed by atoms with E-state index in [0.717, 1.165) is 0 Å². The second-order valence-corrected chi connectivity index (χ2v) is 11.1. The number of rotatable bonds is 7. The molecule has 3 N–H and O–H groups in total. The number of carbonyl (C=O) groups is 1. The molecular weight excluding hydrogens is 583 g/mol. The SMILES string of the molecule is CNC(=O)c1ccc(NCC#Cc2cc3c(N[C@@H]4CCN(C)C[C@@H]4F)nccn3c2[Se]C(F)(F)F)c(OC)c1.